The van der Waals surface area contributed by atoms with Gasteiger partial charge in [-0.2, -0.15) is 0 Å². The van der Waals surface area contributed by atoms with Crippen molar-refractivity contribution in [2.24, 2.45) is 0 Å². The van der Waals surface area contributed by atoms with Gasteiger partial charge < -0.3 is 14.8 Å². The number of allylic oxidation sites excluding steroid dienone is 1. The normalized spacial score (nSPS) is 15.7. The minimum atomic E-state index is -0.435. The van der Waals surface area contributed by atoms with Crippen LogP contribution >= 0.6 is 0 Å². The molecule has 0 fully saturated rings. The van der Waals surface area contributed by atoms with E-state index < -0.39 is 11.9 Å². The molecule has 3 aromatic carbocycles. The van der Waals surface area contributed by atoms with Gasteiger partial charge in [0.05, 0.1) is 12.2 Å². The first kappa shape index (κ1) is 22.3. The van der Waals surface area contributed by atoms with Crippen LogP contribution in [0.25, 0.3) is 0 Å². The number of hydrogen-bond acceptors (Lipinski definition) is 4. The first-order valence-electron chi connectivity index (χ1n) is 11.1. The Morgan fingerprint density at radius 2 is 1.55 bits per heavy atom. The van der Waals surface area contributed by atoms with E-state index in [1.165, 1.54) is 0 Å². The number of rotatable bonds is 8. The largest absolute Gasteiger partial charge is 0.489 e. The van der Waals surface area contributed by atoms with Crippen LogP contribution in [0, 0.1) is 0 Å². The number of nitrogens with one attached hydrogen (secondary N) is 1. The summed E-state index contributed by atoms with van der Waals surface area (Å²) in [7, 11) is 0. The lowest BCUT2D eigenvalue weighted by atomic mass is 9.84. The summed E-state index contributed by atoms with van der Waals surface area (Å²) in [5, 5.41) is 2.79. The van der Waals surface area contributed by atoms with Crippen molar-refractivity contribution in [1.82, 2.24) is 5.32 Å². The zero-order valence-corrected chi connectivity index (χ0v) is 18.6. The Labute approximate surface area is 194 Å². The monoisotopic (exact) mass is 441 g/mol. The van der Waals surface area contributed by atoms with Crippen molar-refractivity contribution < 1.29 is 19.1 Å². The maximum atomic E-state index is 13.1. The minimum Gasteiger partial charge on any atom is -0.489 e. The molecule has 1 aliphatic rings. The fourth-order valence-corrected chi connectivity index (χ4v) is 4.06. The van der Waals surface area contributed by atoms with Gasteiger partial charge >= 0.3 is 5.97 Å². The lowest BCUT2D eigenvalue weighted by Crippen LogP contribution is -2.34. The number of hydrogen-bond donors (Lipinski definition) is 1. The Morgan fingerprint density at radius 1 is 0.909 bits per heavy atom. The topological polar surface area (TPSA) is 64.6 Å². The highest BCUT2D eigenvalue weighted by Gasteiger charge is 2.34. The summed E-state index contributed by atoms with van der Waals surface area (Å²) in [4.78, 5) is 25.5. The van der Waals surface area contributed by atoms with Crippen LogP contribution in [0.2, 0.25) is 0 Å². The molecule has 1 amide bonds. The molecule has 0 saturated carbocycles. The Hall–Kier alpha value is -3.86. The van der Waals surface area contributed by atoms with E-state index in [1.807, 2.05) is 84.9 Å². The molecule has 4 rings (SSSR count). The average Bonchev–Trinajstić information content (AvgIpc) is 2.83. The van der Waals surface area contributed by atoms with E-state index in [1.54, 1.807) is 6.92 Å². The fourth-order valence-electron chi connectivity index (χ4n) is 4.06. The number of amides is 1. The van der Waals surface area contributed by atoms with Gasteiger partial charge in [0, 0.05) is 30.0 Å². The molecule has 3 aromatic rings. The summed E-state index contributed by atoms with van der Waals surface area (Å²) in [6, 6.07) is 27.3. The summed E-state index contributed by atoms with van der Waals surface area (Å²) in [5.74, 6) is -0.319. The van der Waals surface area contributed by atoms with E-state index in [9.17, 15) is 9.59 Å². The maximum Gasteiger partial charge on any atom is 0.336 e. The molecule has 5 nitrogen and oxygen atoms in total. The Kier molecular flexibility index (Phi) is 7.20. The molecule has 0 bridgehead atoms. The second-order valence-corrected chi connectivity index (χ2v) is 8.03. The molecule has 0 saturated heterocycles. The molecule has 1 N–H and O–H groups in total. The zero-order valence-electron chi connectivity index (χ0n) is 18.6. The highest BCUT2D eigenvalue weighted by Crippen LogP contribution is 2.38. The van der Waals surface area contributed by atoms with Gasteiger partial charge in [-0.25, -0.2) is 4.79 Å². The quantitative estimate of drug-likeness (QED) is 0.504. The van der Waals surface area contributed by atoms with Gasteiger partial charge in [0.15, 0.2) is 0 Å². The van der Waals surface area contributed by atoms with Gasteiger partial charge in [0.2, 0.25) is 5.91 Å². The van der Waals surface area contributed by atoms with Gasteiger partial charge in [-0.15, -0.1) is 0 Å². The van der Waals surface area contributed by atoms with Crippen molar-refractivity contribution in [2.45, 2.75) is 32.3 Å². The summed E-state index contributed by atoms with van der Waals surface area (Å²) >= 11 is 0. The third-order valence-corrected chi connectivity index (χ3v) is 5.69. The third-order valence-electron chi connectivity index (χ3n) is 5.69. The molecule has 33 heavy (non-hydrogen) atoms. The molecular weight excluding hydrogens is 414 g/mol. The lowest BCUT2D eigenvalue weighted by molar-refractivity contribution is -0.139. The van der Waals surface area contributed by atoms with Crippen LogP contribution in [0.3, 0.4) is 0 Å². The van der Waals surface area contributed by atoms with E-state index in [4.69, 9.17) is 9.47 Å². The molecule has 168 valence electrons. The van der Waals surface area contributed by atoms with Gasteiger partial charge in [-0.1, -0.05) is 78.9 Å². The van der Waals surface area contributed by atoms with Crippen LogP contribution in [0.4, 0.5) is 0 Å². The summed E-state index contributed by atoms with van der Waals surface area (Å²) in [5.41, 5.74) is 3.94. The summed E-state index contributed by atoms with van der Waals surface area (Å²) < 4.78 is 11.7. The van der Waals surface area contributed by atoms with E-state index in [2.05, 4.69) is 5.32 Å². The number of para-hydroxylation sites is 1. The van der Waals surface area contributed by atoms with Crippen LogP contribution in [-0.4, -0.2) is 18.5 Å². The number of carbonyl (C=O) groups is 2. The van der Waals surface area contributed by atoms with E-state index in [0.29, 0.717) is 30.0 Å². The predicted octanol–water partition coefficient (Wildman–Crippen LogP) is 4.93. The molecule has 0 spiro atoms. The summed E-state index contributed by atoms with van der Waals surface area (Å²) in [6.07, 6.45) is 0.791. The van der Waals surface area contributed by atoms with Crippen LogP contribution in [0.5, 0.6) is 5.75 Å². The van der Waals surface area contributed by atoms with Crippen molar-refractivity contribution in [1.29, 1.82) is 0 Å². The molecule has 0 aromatic heterocycles. The Balaban J connectivity index is 1.53. The molecule has 1 atom stereocenters. The number of ether oxygens (including phenoxy) is 2. The highest BCUT2D eigenvalue weighted by molar-refractivity contribution is 5.96. The van der Waals surface area contributed by atoms with Gasteiger partial charge in [-0.3, -0.25) is 4.79 Å². The standard InChI is InChI=1S/C28H27NO4/c1-20-27(28(31)32-17-16-21-10-4-2-5-11-21)24(18-26(30)29-20)23-14-8-9-15-25(23)33-19-22-12-6-3-7-13-22/h2-15,24H,16-19H2,1H3,(H,29,30)/t24-/m0/s1. The van der Waals surface area contributed by atoms with Crippen LogP contribution < -0.4 is 10.1 Å². The highest BCUT2D eigenvalue weighted by atomic mass is 16.5. The van der Waals surface area contributed by atoms with Crippen molar-refractivity contribution in [3.63, 3.8) is 0 Å². The number of esters is 1. The second-order valence-electron chi connectivity index (χ2n) is 8.03. The van der Waals surface area contributed by atoms with E-state index in [-0.39, 0.29) is 18.9 Å². The average molecular weight is 442 g/mol. The van der Waals surface area contributed by atoms with E-state index in [0.717, 1.165) is 16.7 Å². The first-order chi connectivity index (χ1) is 16.1. The van der Waals surface area contributed by atoms with Gasteiger partial charge in [-0.05, 0) is 24.1 Å². The van der Waals surface area contributed by atoms with Gasteiger partial charge in [0.1, 0.15) is 12.4 Å². The number of carbonyl (C=O) groups excluding carboxylic acids is 2. The molecular formula is C28H27NO4. The fraction of sp³-hybridized carbons (Fsp3) is 0.214. The SMILES string of the molecule is CC1=C(C(=O)OCCc2ccccc2)[C@H](c2ccccc2OCc2ccccc2)CC(=O)N1. The molecule has 0 radical (unpaired) electrons. The maximum absolute atomic E-state index is 13.1. The first-order valence-corrected chi connectivity index (χ1v) is 11.1. The minimum absolute atomic E-state index is 0.129. The third kappa shape index (κ3) is 5.69. The Bertz CT molecular complexity index is 1140. The Morgan fingerprint density at radius 3 is 2.27 bits per heavy atom. The number of benzene rings is 3. The van der Waals surface area contributed by atoms with Crippen molar-refractivity contribution >= 4 is 11.9 Å². The van der Waals surface area contributed by atoms with Crippen molar-refractivity contribution in [3.8, 4) is 5.75 Å². The summed E-state index contributed by atoms with van der Waals surface area (Å²) in [6.45, 7) is 2.41. The van der Waals surface area contributed by atoms with Crippen LogP contribution in [0.15, 0.2) is 96.2 Å². The van der Waals surface area contributed by atoms with Gasteiger partial charge in [0.25, 0.3) is 0 Å². The molecule has 1 aliphatic heterocycles. The van der Waals surface area contributed by atoms with Crippen LogP contribution in [0.1, 0.15) is 36.0 Å². The zero-order chi connectivity index (χ0) is 23.0. The molecule has 5 heteroatoms. The predicted molar refractivity (Wildman–Crippen MR) is 127 cm³/mol. The second kappa shape index (κ2) is 10.6. The lowest BCUT2D eigenvalue weighted by Gasteiger charge is -2.28. The van der Waals surface area contributed by atoms with Crippen molar-refractivity contribution in [3.05, 3.63) is 113 Å². The molecule has 1 heterocycles. The van der Waals surface area contributed by atoms with Crippen molar-refractivity contribution in [2.75, 3.05) is 6.61 Å². The van der Waals surface area contributed by atoms with Crippen LogP contribution in [-0.2, 0) is 27.4 Å². The van der Waals surface area contributed by atoms with E-state index >= 15 is 0 Å². The molecule has 0 unspecified atom stereocenters. The smallest absolute Gasteiger partial charge is 0.336 e. The molecule has 0 aliphatic carbocycles.